The van der Waals surface area contributed by atoms with E-state index in [-0.39, 0.29) is 5.82 Å². The van der Waals surface area contributed by atoms with Gasteiger partial charge < -0.3 is 4.90 Å². The minimum Gasteiger partial charge on any atom is -0.310 e. The lowest BCUT2D eigenvalue weighted by atomic mass is 10.1. The van der Waals surface area contributed by atoms with Gasteiger partial charge >= 0.3 is 0 Å². The van der Waals surface area contributed by atoms with Crippen LogP contribution in [0.15, 0.2) is 72.8 Å². The van der Waals surface area contributed by atoms with E-state index in [1.807, 2.05) is 12.1 Å². The van der Waals surface area contributed by atoms with Crippen molar-refractivity contribution in [2.24, 2.45) is 0 Å². The molecule has 0 aromatic heterocycles. The van der Waals surface area contributed by atoms with Gasteiger partial charge in [0.25, 0.3) is 0 Å². The van der Waals surface area contributed by atoms with Crippen molar-refractivity contribution in [2.75, 3.05) is 4.90 Å². The van der Waals surface area contributed by atoms with Crippen LogP contribution in [0.2, 0.25) is 0 Å². The summed E-state index contributed by atoms with van der Waals surface area (Å²) in [6, 6.07) is 23.9. The van der Waals surface area contributed by atoms with Crippen molar-refractivity contribution in [1.29, 1.82) is 0 Å². The van der Waals surface area contributed by atoms with Gasteiger partial charge in [0.05, 0.1) is 0 Å². The predicted octanol–water partition coefficient (Wildman–Crippen LogP) is 7.20. The summed E-state index contributed by atoms with van der Waals surface area (Å²) in [6.45, 7) is 4.37. The van der Waals surface area contributed by atoms with Gasteiger partial charge in [-0.3, -0.25) is 0 Å². The molecule has 0 heterocycles. The summed E-state index contributed by atoms with van der Waals surface area (Å²) in [5, 5.41) is 0. The summed E-state index contributed by atoms with van der Waals surface area (Å²) in [5.41, 5.74) is 5.79. The first-order chi connectivity index (χ1) is 12.7. The molecule has 0 fully saturated rings. The number of hydrogen-bond acceptors (Lipinski definition) is 1. The molecule has 2 heteroatoms. The minimum atomic E-state index is -0.217. The second-order valence-corrected chi connectivity index (χ2v) is 6.61. The fraction of sp³-hybridized carbons (Fsp3) is 0.250. The maximum atomic E-state index is 13.4. The maximum Gasteiger partial charge on any atom is 0.123 e. The van der Waals surface area contributed by atoms with Crippen LogP contribution in [0, 0.1) is 5.82 Å². The van der Waals surface area contributed by atoms with Gasteiger partial charge in [0.1, 0.15) is 5.82 Å². The molecular formula is C24H26FN. The fourth-order valence-corrected chi connectivity index (χ4v) is 3.15. The van der Waals surface area contributed by atoms with Crippen LogP contribution in [0.5, 0.6) is 0 Å². The molecule has 0 bridgehead atoms. The molecule has 3 rings (SSSR count). The quantitative estimate of drug-likeness (QED) is 0.437. The molecule has 0 radical (unpaired) electrons. The Morgan fingerprint density at radius 2 is 1.38 bits per heavy atom. The monoisotopic (exact) mass is 347 g/mol. The van der Waals surface area contributed by atoms with E-state index in [2.05, 4.69) is 67.3 Å². The zero-order valence-electron chi connectivity index (χ0n) is 15.6. The van der Waals surface area contributed by atoms with Crippen molar-refractivity contribution < 1.29 is 4.39 Å². The zero-order chi connectivity index (χ0) is 18.4. The summed E-state index contributed by atoms with van der Waals surface area (Å²) in [5.74, 6) is -0.217. The molecule has 3 aromatic rings. The molecule has 0 aliphatic heterocycles. The van der Waals surface area contributed by atoms with Crippen molar-refractivity contribution in [3.8, 4) is 0 Å². The molecule has 0 amide bonds. The van der Waals surface area contributed by atoms with Gasteiger partial charge in [-0.2, -0.15) is 0 Å². The molecule has 0 unspecified atom stereocenters. The summed E-state index contributed by atoms with van der Waals surface area (Å²) < 4.78 is 13.4. The standard InChI is InChI=1S/C24H26FN/c1-3-5-7-20-10-14-22(15-11-20)26(23-16-12-21(25)13-17-23)24-9-6-8-19(4-2)18-24/h6,8-18H,3-5,7H2,1-2H3. The van der Waals surface area contributed by atoms with E-state index in [1.165, 1.54) is 36.1 Å². The first kappa shape index (κ1) is 18.2. The van der Waals surface area contributed by atoms with Gasteiger partial charge in [0.15, 0.2) is 0 Å². The number of rotatable bonds is 7. The van der Waals surface area contributed by atoms with Gasteiger partial charge in [0.2, 0.25) is 0 Å². The Morgan fingerprint density at radius 3 is 2.00 bits per heavy atom. The molecule has 0 aliphatic rings. The molecule has 3 aromatic carbocycles. The van der Waals surface area contributed by atoms with Crippen LogP contribution in [0.3, 0.4) is 0 Å². The van der Waals surface area contributed by atoms with Crippen molar-refractivity contribution >= 4 is 17.1 Å². The first-order valence-corrected chi connectivity index (χ1v) is 9.45. The zero-order valence-corrected chi connectivity index (χ0v) is 15.6. The highest BCUT2D eigenvalue weighted by atomic mass is 19.1. The van der Waals surface area contributed by atoms with Crippen LogP contribution >= 0.6 is 0 Å². The van der Waals surface area contributed by atoms with Crippen molar-refractivity contribution in [2.45, 2.75) is 39.5 Å². The molecule has 0 saturated heterocycles. The van der Waals surface area contributed by atoms with Crippen LogP contribution < -0.4 is 4.90 Å². The van der Waals surface area contributed by atoms with E-state index in [4.69, 9.17) is 0 Å². The van der Waals surface area contributed by atoms with E-state index in [1.54, 1.807) is 0 Å². The lowest BCUT2D eigenvalue weighted by Crippen LogP contribution is -2.10. The normalized spacial score (nSPS) is 10.7. The Hall–Kier alpha value is -2.61. The molecule has 0 saturated carbocycles. The highest BCUT2D eigenvalue weighted by molar-refractivity contribution is 5.76. The predicted molar refractivity (Wildman–Crippen MR) is 109 cm³/mol. The molecule has 0 spiro atoms. The average Bonchev–Trinajstić information content (AvgIpc) is 2.69. The molecule has 26 heavy (non-hydrogen) atoms. The Balaban J connectivity index is 2.01. The van der Waals surface area contributed by atoms with Crippen molar-refractivity contribution in [3.63, 3.8) is 0 Å². The van der Waals surface area contributed by atoms with Gasteiger partial charge in [-0.05, 0) is 78.9 Å². The Bertz CT molecular complexity index is 822. The third kappa shape index (κ3) is 4.32. The lowest BCUT2D eigenvalue weighted by molar-refractivity contribution is 0.628. The van der Waals surface area contributed by atoms with Crippen molar-refractivity contribution in [1.82, 2.24) is 0 Å². The Morgan fingerprint density at radius 1 is 0.731 bits per heavy atom. The maximum absolute atomic E-state index is 13.4. The molecular weight excluding hydrogens is 321 g/mol. The van der Waals surface area contributed by atoms with E-state index >= 15 is 0 Å². The number of benzene rings is 3. The van der Waals surface area contributed by atoms with Crippen LogP contribution in [-0.2, 0) is 12.8 Å². The van der Waals surface area contributed by atoms with E-state index in [0.717, 1.165) is 29.9 Å². The number of anilines is 3. The van der Waals surface area contributed by atoms with Crippen LogP contribution in [0.1, 0.15) is 37.8 Å². The molecule has 0 atom stereocenters. The highest BCUT2D eigenvalue weighted by Gasteiger charge is 2.13. The van der Waals surface area contributed by atoms with Crippen molar-refractivity contribution in [3.05, 3.63) is 89.7 Å². The van der Waals surface area contributed by atoms with E-state index in [0.29, 0.717) is 0 Å². The van der Waals surface area contributed by atoms with Gasteiger partial charge in [-0.25, -0.2) is 4.39 Å². The average molecular weight is 347 g/mol. The number of halogens is 1. The van der Waals surface area contributed by atoms with Gasteiger partial charge in [-0.1, -0.05) is 44.5 Å². The summed E-state index contributed by atoms with van der Waals surface area (Å²) >= 11 is 0. The topological polar surface area (TPSA) is 3.24 Å². The fourth-order valence-electron chi connectivity index (χ4n) is 3.15. The summed E-state index contributed by atoms with van der Waals surface area (Å²) in [4.78, 5) is 2.18. The molecule has 1 nitrogen and oxygen atoms in total. The Kier molecular flexibility index (Phi) is 6.06. The number of hydrogen-bond donors (Lipinski definition) is 0. The molecule has 0 aliphatic carbocycles. The highest BCUT2D eigenvalue weighted by Crippen LogP contribution is 2.35. The second-order valence-electron chi connectivity index (χ2n) is 6.61. The third-order valence-electron chi connectivity index (χ3n) is 4.68. The van der Waals surface area contributed by atoms with E-state index < -0.39 is 0 Å². The van der Waals surface area contributed by atoms with Gasteiger partial charge in [0, 0.05) is 17.1 Å². The third-order valence-corrected chi connectivity index (χ3v) is 4.68. The SMILES string of the molecule is CCCCc1ccc(N(c2ccc(F)cc2)c2cccc(CC)c2)cc1. The number of aryl methyl sites for hydroxylation is 2. The van der Waals surface area contributed by atoms with Crippen LogP contribution in [0.25, 0.3) is 0 Å². The molecule has 134 valence electrons. The van der Waals surface area contributed by atoms with E-state index in [9.17, 15) is 4.39 Å². The smallest absolute Gasteiger partial charge is 0.123 e. The van der Waals surface area contributed by atoms with Gasteiger partial charge in [-0.15, -0.1) is 0 Å². The first-order valence-electron chi connectivity index (χ1n) is 9.45. The number of unbranched alkanes of at least 4 members (excludes halogenated alkanes) is 1. The second kappa shape index (κ2) is 8.66. The van der Waals surface area contributed by atoms with Crippen LogP contribution in [-0.4, -0.2) is 0 Å². The summed E-state index contributed by atoms with van der Waals surface area (Å²) in [7, 11) is 0. The lowest BCUT2D eigenvalue weighted by Gasteiger charge is -2.26. The van der Waals surface area contributed by atoms with Crippen LogP contribution in [0.4, 0.5) is 21.5 Å². The Labute approximate surface area is 156 Å². The molecule has 0 N–H and O–H groups in total. The largest absolute Gasteiger partial charge is 0.310 e. The minimum absolute atomic E-state index is 0.217. The number of nitrogens with zero attached hydrogens (tertiary/aromatic N) is 1. The summed E-state index contributed by atoms with van der Waals surface area (Å²) in [6.07, 6.45) is 4.51.